The van der Waals surface area contributed by atoms with E-state index in [-0.39, 0.29) is 16.1 Å². The van der Waals surface area contributed by atoms with Crippen LogP contribution in [0.2, 0.25) is 0 Å². The summed E-state index contributed by atoms with van der Waals surface area (Å²) in [5.74, 6) is -0.472. The van der Waals surface area contributed by atoms with Gasteiger partial charge in [-0.15, -0.1) is 0 Å². The molecule has 1 saturated heterocycles. The minimum Gasteiger partial charge on any atom is -0.379 e. The highest BCUT2D eigenvalue weighted by Gasteiger charge is 2.32. The fourth-order valence-corrected chi connectivity index (χ4v) is 5.10. The molecule has 1 fully saturated rings. The van der Waals surface area contributed by atoms with Crippen molar-refractivity contribution in [3.63, 3.8) is 0 Å². The Balaban J connectivity index is 1.64. The topological polar surface area (TPSA) is 110 Å². The number of carbonyl (C=O) groups is 1. The van der Waals surface area contributed by atoms with E-state index in [1.165, 1.54) is 33.5 Å². The van der Waals surface area contributed by atoms with E-state index in [0.717, 1.165) is 5.56 Å². The van der Waals surface area contributed by atoms with Crippen LogP contribution < -0.4 is 4.90 Å². The second-order valence-corrected chi connectivity index (χ2v) is 8.73. The second-order valence-electron chi connectivity index (χ2n) is 6.79. The molecule has 10 heteroatoms. The van der Waals surface area contributed by atoms with E-state index in [9.17, 15) is 23.3 Å². The molecule has 29 heavy (non-hydrogen) atoms. The van der Waals surface area contributed by atoms with E-state index in [0.29, 0.717) is 45.0 Å². The smallest absolute Gasteiger partial charge is 0.282 e. The molecule has 0 atom stereocenters. The predicted octanol–water partition coefficient (Wildman–Crippen LogP) is 1.82. The maximum absolute atomic E-state index is 12.9. The molecule has 0 unspecified atom stereocenters. The molecule has 0 N–H and O–H groups in total. The van der Waals surface area contributed by atoms with Gasteiger partial charge in [-0.2, -0.15) is 4.31 Å². The van der Waals surface area contributed by atoms with E-state index < -0.39 is 20.9 Å². The van der Waals surface area contributed by atoms with Crippen molar-refractivity contribution in [3.05, 3.63) is 63.7 Å². The molecule has 0 aliphatic carbocycles. The number of nitro groups is 1. The van der Waals surface area contributed by atoms with Gasteiger partial charge in [0.1, 0.15) is 5.56 Å². The summed E-state index contributed by atoms with van der Waals surface area (Å²) in [6.45, 7) is 1.68. The van der Waals surface area contributed by atoms with Crippen molar-refractivity contribution in [2.75, 3.05) is 37.7 Å². The van der Waals surface area contributed by atoms with Gasteiger partial charge in [0.05, 0.1) is 23.0 Å². The lowest BCUT2D eigenvalue weighted by Crippen LogP contribution is -2.40. The summed E-state index contributed by atoms with van der Waals surface area (Å²) in [5.41, 5.74) is 1.06. The second kappa shape index (κ2) is 7.54. The third-order valence-corrected chi connectivity index (χ3v) is 7.03. The summed E-state index contributed by atoms with van der Waals surface area (Å²) in [5, 5.41) is 11.2. The number of hydrogen-bond acceptors (Lipinski definition) is 6. The van der Waals surface area contributed by atoms with Crippen LogP contribution in [0.15, 0.2) is 47.4 Å². The predicted molar refractivity (Wildman–Crippen MR) is 104 cm³/mol. The molecular weight excluding hydrogens is 398 g/mol. The molecule has 4 rings (SSSR count). The summed E-state index contributed by atoms with van der Waals surface area (Å²) >= 11 is 0. The molecule has 1 amide bonds. The van der Waals surface area contributed by atoms with Gasteiger partial charge < -0.3 is 9.64 Å². The third-order valence-electron chi connectivity index (χ3n) is 5.13. The molecule has 2 aliphatic heterocycles. The van der Waals surface area contributed by atoms with Crippen LogP contribution in [-0.2, 0) is 21.2 Å². The average molecular weight is 417 g/mol. The SMILES string of the molecule is O=C(c1ccccc1[N+](=O)[O-])N1CCc2cc(S(=O)(=O)N3CCOCC3)ccc21. The summed E-state index contributed by atoms with van der Waals surface area (Å²) in [6, 6.07) is 10.5. The fraction of sp³-hybridized carbons (Fsp3) is 0.316. The van der Waals surface area contributed by atoms with E-state index >= 15 is 0 Å². The number of anilines is 1. The molecule has 2 heterocycles. The number of rotatable bonds is 4. The zero-order chi connectivity index (χ0) is 20.6. The minimum atomic E-state index is -3.63. The van der Waals surface area contributed by atoms with Gasteiger partial charge in [-0.25, -0.2) is 8.42 Å². The summed E-state index contributed by atoms with van der Waals surface area (Å²) < 4.78 is 32.3. The molecule has 2 aromatic rings. The Morgan fingerprint density at radius 1 is 1.07 bits per heavy atom. The molecule has 0 spiro atoms. The van der Waals surface area contributed by atoms with Crippen LogP contribution in [0.5, 0.6) is 0 Å². The van der Waals surface area contributed by atoms with Crippen LogP contribution in [-0.4, -0.2) is 56.4 Å². The lowest BCUT2D eigenvalue weighted by atomic mass is 10.1. The Morgan fingerprint density at radius 3 is 2.52 bits per heavy atom. The zero-order valence-electron chi connectivity index (χ0n) is 15.5. The maximum Gasteiger partial charge on any atom is 0.282 e. The number of amides is 1. The van der Waals surface area contributed by atoms with Gasteiger partial charge >= 0.3 is 0 Å². The monoisotopic (exact) mass is 417 g/mol. The van der Waals surface area contributed by atoms with E-state index in [1.54, 1.807) is 18.2 Å². The summed E-state index contributed by atoms with van der Waals surface area (Å²) in [7, 11) is -3.63. The number of nitrogens with zero attached hydrogens (tertiary/aromatic N) is 3. The first-order chi connectivity index (χ1) is 13.9. The Morgan fingerprint density at radius 2 is 1.79 bits per heavy atom. The molecule has 9 nitrogen and oxygen atoms in total. The maximum atomic E-state index is 12.9. The molecule has 0 aromatic heterocycles. The lowest BCUT2D eigenvalue weighted by molar-refractivity contribution is -0.385. The van der Waals surface area contributed by atoms with Crippen molar-refractivity contribution >= 4 is 27.3 Å². The largest absolute Gasteiger partial charge is 0.379 e. The average Bonchev–Trinajstić information content (AvgIpc) is 3.17. The molecule has 0 bridgehead atoms. The van der Waals surface area contributed by atoms with Crippen molar-refractivity contribution in [2.45, 2.75) is 11.3 Å². The van der Waals surface area contributed by atoms with Crippen LogP contribution in [0.4, 0.5) is 11.4 Å². The van der Waals surface area contributed by atoms with Gasteiger partial charge in [-0.3, -0.25) is 14.9 Å². The first-order valence-electron chi connectivity index (χ1n) is 9.16. The highest BCUT2D eigenvalue weighted by Crippen LogP contribution is 2.33. The Bertz CT molecular complexity index is 1080. The molecule has 0 radical (unpaired) electrons. The van der Waals surface area contributed by atoms with Gasteiger partial charge in [0.25, 0.3) is 11.6 Å². The van der Waals surface area contributed by atoms with E-state index in [1.807, 2.05) is 0 Å². The van der Waals surface area contributed by atoms with Crippen LogP contribution >= 0.6 is 0 Å². The first kappa shape index (κ1) is 19.5. The number of para-hydroxylation sites is 1. The van der Waals surface area contributed by atoms with Crippen LogP contribution in [0, 0.1) is 10.1 Å². The zero-order valence-corrected chi connectivity index (χ0v) is 16.3. The standard InChI is InChI=1S/C19H19N3O6S/c23-19(16-3-1-2-4-18(16)22(24)25)21-8-7-14-13-15(5-6-17(14)21)29(26,27)20-9-11-28-12-10-20/h1-6,13H,7-12H2. The number of sulfonamides is 1. The van der Waals surface area contributed by atoms with Gasteiger partial charge in [-0.05, 0) is 36.2 Å². The van der Waals surface area contributed by atoms with Crippen LogP contribution in [0.1, 0.15) is 15.9 Å². The number of benzene rings is 2. The number of carbonyl (C=O) groups excluding carboxylic acids is 1. The number of nitro benzene ring substituents is 1. The Hall–Kier alpha value is -2.82. The van der Waals surface area contributed by atoms with Gasteiger partial charge in [0.15, 0.2) is 0 Å². The molecular formula is C19H19N3O6S. The Kier molecular flexibility index (Phi) is 5.07. The van der Waals surface area contributed by atoms with E-state index in [4.69, 9.17) is 4.74 Å². The Labute approximate surface area is 167 Å². The first-order valence-corrected chi connectivity index (χ1v) is 10.6. The third kappa shape index (κ3) is 3.50. The van der Waals surface area contributed by atoms with Gasteiger partial charge in [0.2, 0.25) is 10.0 Å². The minimum absolute atomic E-state index is 0.00960. The number of fused-ring (bicyclic) bond motifs is 1. The summed E-state index contributed by atoms with van der Waals surface area (Å²) in [4.78, 5) is 25.3. The van der Waals surface area contributed by atoms with Gasteiger partial charge in [-0.1, -0.05) is 12.1 Å². The van der Waals surface area contributed by atoms with Crippen molar-refractivity contribution in [3.8, 4) is 0 Å². The highest BCUT2D eigenvalue weighted by atomic mass is 32.2. The van der Waals surface area contributed by atoms with Crippen molar-refractivity contribution < 1.29 is 22.9 Å². The molecule has 2 aliphatic rings. The van der Waals surface area contributed by atoms with Gasteiger partial charge in [0, 0.05) is 31.4 Å². The fourth-order valence-electron chi connectivity index (χ4n) is 3.64. The number of ether oxygens (including phenoxy) is 1. The summed E-state index contributed by atoms with van der Waals surface area (Å²) in [6.07, 6.45) is 0.480. The van der Waals surface area contributed by atoms with Crippen molar-refractivity contribution in [1.29, 1.82) is 0 Å². The molecule has 0 saturated carbocycles. The van der Waals surface area contributed by atoms with Crippen molar-refractivity contribution in [1.82, 2.24) is 4.31 Å². The lowest BCUT2D eigenvalue weighted by Gasteiger charge is -2.26. The number of hydrogen-bond donors (Lipinski definition) is 0. The quantitative estimate of drug-likeness (QED) is 0.554. The normalized spacial score (nSPS) is 17.2. The number of morpholine rings is 1. The highest BCUT2D eigenvalue weighted by molar-refractivity contribution is 7.89. The van der Waals surface area contributed by atoms with E-state index in [2.05, 4.69) is 0 Å². The molecule has 152 valence electrons. The van der Waals surface area contributed by atoms with Crippen LogP contribution in [0.3, 0.4) is 0 Å². The molecule has 2 aromatic carbocycles. The van der Waals surface area contributed by atoms with Crippen molar-refractivity contribution in [2.24, 2.45) is 0 Å². The van der Waals surface area contributed by atoms with Crippen LogP contribution in [0.25, 0.3) is 0 Å².